The monoisotopic (exact) mass is 277 g/mol. The summed E-state index contributed by atoms with van der Waals surface area (Å²) in [7, 11) is 4.09. The Morgan fingerprint density at radius 3 is 2.29 bits per heavy atom. The summed E-state index contributed by atoms with van der Waals surface area (Å²) in [5.74, 6) is 0.655. The van der Waals surface area contributed by atoms with E-state index in [9.17, 15) is 0 Å². The topological polar surface area (TPSA) is 28.2 Å². The summed E-state index contributed by atoms with van der Waals surface area (Å²) in [4.78, 5) is 6.64. The molecule has 1 aromatic heterocycles. The van der Waals surface area contributed by atoms with E-state index in [1.54, 1.807) is 0 Å². The summed E-state index contributed by atoms with van der Waals surface area (Å²) in [5.41, 5.74) is 2.43. The van der Waals surface area contributed by atoms with Crippen LogP contribution in [0.3, 0.4) is 0 Å². The molecular weight excluding hydrogens is 257 g/mol. The number of aromatic nitrogens is 1. The minimum atomic E-state index is 0. The van der Waals surface area contributed by atoms with Crippen molar-refractivity contribution in [3.05, 3.63) is 24.0 Å². The molecule has 0 saturated carbocycles. The minimum Gasteiger partial charge on any atom is -0.376 e. The Bertz CT molecular complexity index is 308. The Morgan fingerprint density at radius 1 is 1.18 bits per heavy atom. The first-order valence-corrected chi connectivity index (χ1v) is 5.61. The number of halogens is 2. The van der Waals surface area contributed by atoms with Gasteiger partial charge in [0, 0.05) is 25.7 Å². The van der Waals surface area contributed by atoms with E-state index < -0.39 is 0 Å². The highest BCUT2D eigenvalue weighted by Gasteiger charge is 2.15. The highest BCUT2D eigenvalue weighted by atomic mass is 35.5. The van der Waals surface area contributed by atoms with Crippen molar-refractivity contribution in [2.45, 2.75) is 18.8 Å². The Morgan fingerprint density at radius 2 is 1.82 bits per heavy atom. The average Bonchev–Trinajstić information content (AvgIpc) is 2.30. The maximum atomic E-state index is 4.55. The fraction of sp³-hybridized carbons (Fsp3) is 0.583. The second kappa shape index (κ2) is 7.75. The zero-order valence-electron chi connectivity index (χ0n) is 10.3. The van der Waals surface area contributed by atoms with Crippen LogP contribution < -0.4 is 10.2 Å². The van der Waals surface area contributed by atoms with Gasteiger partial charge in [-0.15, -0.1) is 24.8 Å². The van der Waals surface area contributed by atoms with E-state index in [2.05, 4.69) is 27.3 Å². The molecule has 0 unspecified atom stereocenters. The van der Waals surface area contributed by atoms with Gasteiger partial charge in [0.15, 0.2) is 0 Å². The van der Waals surface area contributed by atoms with Crippen molar-refractivity contribution in [2.75, 3.05) is 32.1 Å². The number of hydrogen-bond acceptors (Lipinski definition) is 3. The van der Waals surface area contributed by atoms with Crippen molar-refractivity contribution in [3.63, 3.8) is 0 Å². The summed E-state index contributed by atoms with van der Waals surface area (Å²) in [6.45, 7) is 2.25. The third-order valence-corrected chi connectivity index (χ3v) is 3.04. The van der Waals surface area contributed by atoms with Gasteiger partial charge >= 0.3 is 0 Å². The predicted molar refractivity (Wildman–Crippen MR) is 77.9 cm³/mol. The molecule has 2 rings (SSSR count). The second-order valence-corrected chi connectivity index (χ2v) is 4.36. The molecule has 0 aromatic carbocycles. The number of rotatable bonds is 2. The van der Waals surface area contributed by atoms with Gasteiger partial charge in [-0.05, 0) is 38.1 Å². The van der Waals surface area contributed by atoms with Crippen molar-refractivity contribution in [2.24, 2.45) is 0 Å². The molecule has 0 atom stereocenters. The van der Waals surface area contributed by atoms with Crippen LogP contribution in [0.25, 0.3) is 0 Å². The fourth-order valence-corrected chi connectivity index (χ4v) is 2.02. The molecule has 0 radical (unpaired) electrons. The number of nitrogens with one attached hydrogen (secondary N) is 1. The van der Waals surface area contributed by atoms with E-state index >= 15 is 0 Å². The molecule has 5 heteroatoms. The maximum Gasteiger partial charge on any atom is 0.0547 e. The Balaban J connectivity index is 0.00000128. The lowest BCUT2D eigenvalue weighted by Gasteiger charge is -2.22. The molecular formula is C12H21Cl2N3. The number of anilines is 1. The van der Waals surface area contributed by atoms with E-state index in [0.29, 0.717) is 5.92 Å². The second-order valence-electron chi connectivity index (χ2n) is 4.36. The molecule has 1 aliphatic rings. The van der Waals surface area contributed by atoms with E-state index in [1.807, 2.05) is 20.3 Å². The molecule has 1 aliphatic heterocycles. The van der Waals surface area contributed by atoms with Gasteiger partial charge in [-0.3, -0.25) is 4.98 Å². The van der Waals surface area contributed by atoms with Crippen LogP contribution in [0.4, 0.5) is 5.69 Å². The standard InChI is InChI=1S/C12H19N3.2ClH/c1-15(2)11-3-4-12(14-9-11)10-5-7-13-8-6-10;;/h3-4,9-10,13H,5-8H2,1-2H3;2*1H. The van der Waals surface area contributed by atoms with E-state index in [1.165, 1.54) is 24.2 Å². The molecule has 1 saturated heterocycles. The minimum absolute atomic E-state index is 0. The van der Waals surface area contributed by atoms with Crippen LogP contribution in [0.1, 0.15) is 24.5 Å². The summed E-state index contributed by atoms with van der Waals surface area (Å²) < 4.78 is 0. The predicted octanol–water partition coefficient (Wildman–Crippen LogP) is 2.46. The average molecular weight is 278 g/mol. The molecule has 17 heavy (non-hydrogen) atoms. The van der Waals surface area contributed by atoms with Crippen molar-refractivity contribution < 1.29 is 0 Å². The van der Waals surface area contributed by atoms with Gasteiger partial charge in [-0.25, -0.2) is 0 Å². The van der Waals surface area contributed by atoms with E-state index in [4.69, 9.17) is 0 Å². The molecule has 1 N–H and O–H groups in total. The molecule has 3 nitrogen and oxygen atoms in total. The van der Waals surface area contributed by atoms with Gasteiger partial charge in [0.05, 0.1) is 11.9 Å². The van der Waals surface area contributed by atoms with Gasteiger partial charge in [0.1, 0.15) is 0 Å². The Hall–Kier alpha value is -0.510. The number of pyridine rings is 1. The number of piperidine rings is 1. The Kier molecular flexibility index (Phi) is 7.51. The molecule has 2 heterocycles. The first kappa shape index (κ1) is 16.5. The summed E-state index contributed by atoms with van der Waals surface area (Å²) in [5, 5.41) is 3.38. The lowest BCUT2D eigenvalue weighted by atomic mass is 9.94. The maximum absolute atomic E-state index is 4.55. The van der Waals surface area contributed by atoms with Crippen LogP contribution in [0.5, 0.6) is 0 Å². The number of hydrogen-bond donors (Lipinski definition) is 1. The first-order chi connectivity index (χ1) is 7.27. The van der Waals surface area contributed by atoms with Gasteiger partial charge in [-0.1, -0.05) is 0 Å². The van der Waals surface area contributed by atoms with Gasteiger partial charge < -0.3 is 10.2 Å². The zero-order valence-corrected chi connectivity index (χ0v) is 12.0. The summed E-state index contributed by atoms with van der Waals surface area (Å²) in [6.07, 6.45) is 4.40. The fourth-order valence-electron chi connectivity index (χ4n) is 2.02. The molecule has 0 amide bonds. The van der Waals surface area contributed by atoms with Crippen LogP contribution in [0.15, 0.2) is 18.3 Å². The van der Waals surface area contributed by atoms with Crippen molar-refractivity contribution in [1.29, 1.82) is 0 Å². The normalized spacial score (nSPS) is 15.6. The van der Waals surface area contributed by atoms with E-state index in [-0.39, 0.29) is 24.8 Å². The molecule has 1 aromatic rings. The zero-order chi connectivity index (χ0) is 10.7. The molecule has 0 aliphatic carbocycles. The molecule has 0 bridgehead atoms. The van der Waals surface area contributed by atoms with Crippen molar-refractivity contribution in [1.82, 2.24) is 10.3 Å². The highest BCUT2D eigenvalue weighted by molar-refractivity contribution is 5.85. The van der Waals surface area contributed by atoms with Gasteiger partial charge in [0.25, 0.3) is 0 Å². The first-order valence-electron chi connectivity index (χ1n) is 5.61. The van der Waals surface area contributed by atoms with Gasteiger partial charge in [0.2, 0.25) is 0 Å². The van der Waals surface area contributed by atoms with Crippen molar-refractivity contribution >= 4 is 30.5 Å². The summed E-state index contributed by atoms with van der Waals surface area (Å²) >= 11 is 0. The van der Waals surface area contributed by atoms with Crippen LogP contribution in [0.2, 0.25) is 0 Å². The third-order valence-electron chi connectivity index (χ3n) is 3.04. The van der Waals surface area contributed by atoms with Crippen LogP contribution in [-0.2, 0) is 0 Å². The summed E-state index contributed by atoms with van der Waals surface area (Å²) in [6, 6.07) is 4.33. The van der Waals surface area contributed by atoms with Crippen LogP contribution >= 0.6 is 24.8 Å². The van der Waals surface area contributed by atoms with Crippen molar-refractivity contribution in [3.8, 4) is 0 Å². The third kappa shape index (κ3) is 4.34. The largest absolute Gasteiger partial charge is 0.376 e. The molecule has 0 spiro atoms. The quantitative estimate of drug-likeness (QED) is 0.900. The smallest absolute Gasteiger partial charge is 0.0547 e. The lowest BCUT2D eigenvalue weighted by molar-refractivity contribution is 0.453. The SMILES string of the molecule is CN(C)c1ccc(C2CCNCC2)nc1.Cl.Cl. The lowest BCUT2D eigenvalue weighted by Crippen LogP contribution is -2.27. The van der Waals surface area contributed by atoms with Crippen LogP contribution in [-0.4, -0.2) is 32.2 Å². The Labute approximate surface area is 116 Å². The highest BCUT2D eigenvalue weighted by Crippen LogP contribution is 2.24. The van der Waals surface area contributed by atoms with Gasteiger partial charge in [-0.2, -0.15) is 0 Å². The molecule has 1 fully saturated rings. The van der Waals surface area contributed by atoms with E-state index in [0.717, 1.165) is 13.1 Å². The van der Waals surface area contributed by atoms with Crippen LogP contribution in [0, 0.1) is 0 Å². The molecule has 98 valence electrons. The number of nitrogens with zero attached hydrogens (tertiary/aromatic N) is 2.